The average Bonchev–Trinajstić information content (AvgIpc) is 2.61. The van der Waals surface area contributed by atoms with E-state index in [1.807, 2.05) is 0 Å². The van der Waals surface area contributed by atoms with Gasteiger partial charge in [-0.2, -0.15) is 0 Å². The van der Waals surface area contributed by atoms with Crippen molar-refractivity contribution in [1.29, 1.82) is 0 Å². The Bertz CT molecular complexity index is 270. The van der Waals surface area contributed by atoms with Gasteiger partial charge in [0.15, 0.2) is 0 Å². The van der Waals surface area contributed by atoms with E-state index in [0.29, 0.717) is 0 Å². The molecule has 2 N–H and O–H groups in total. The number of likely N-dealkylation sites (tertiary alicyclic amines) is 1. The Morgan fingerprint density at radius 1 is 1.33 bits per heavy atom. The van der Waals surface area contributed by atoms with E-state index in [4.69, 9.17) is 0 Å². The van der Waals surface area contributed by atoms with E-state index in [2.05, 4.69) is 22.5 Å². The van der Waals surface area contributed by atoms with Crippen molar-refractivity contribution in [3.05, 3.63) is 0 Å². The molecule has 4 nitrogen and oxygen atoms in total. The zero-order valence-electron chi connectivity index (χ0n) is 11.6. The van der Waals surface area contributed by atoms with Crippen molar-refractivity contribution in [3.8, 4) is 0 Å². The summed E-state index contributed by atoms with van der Waals surface area (Å²) in [6, 6.07) is 0.136. The summed E-state index contributed by atoms with van der Waals surface area (Å²) < 4.78 is 0. The maximum atomic E-state index is 12.1. The number of hydrogen-bond donors (Lipinski definition) is 2. The first-order chi connectivity index (χ1) is 8.81. The van der Waals surface area contributed by atoms with Gasteiger partial charge in [0.05, 0.1) is 6.04 Å². The van der Waals surface area contributed by atoms with E-state index >= 15 is 0 Å². The SMILES string of the molecule is CCNCC1CCCN(C2CCCCNC2=O)C1. The predicted octanol–water partition coefficient (Wildman–Crippen LogP) is 0.977. The molecule has 0 saturated carbocycles. The highest BCUT2D eigenvalue weighted by atomic mass is 16.2. The highest BCUT2D eigenvalue weighted by Gasteiger charge is 2.30. The molecule has 0 aromatic rings. The van der Waals surface area contributed by atoms with Crippen molar-refractivity contribution in [1.82, 2.24) is 15.5 Å². The van der Waals surface area contributed by atoms with Crippen LogP contribution in [0.15, 0.2) is 0 Å². The number of nitrogens with zero attached hydrogens (tertiary/aromatic N) is 1. The molecule has 1 amide bonds. The summed E-state index contributed by atoms with van der Waals surface area (Å²) in [6.07, 6.45) is 5.89. The maximum Gasteiger partial charge on any atom is 0.237 e. The second-order valence-corrected chi connectivity index (χ2v) is 5.61. The standard InChI is InChI=1S/C14H27N3O/c1-2-15-10-12-6-5-9-17(11-12)13-7-3-4-8-16-14(13)18/h12-13,15H,2-11H2,1H3,(H,16,18). The van der Waals surface area contributed by atoms with Crippen LogP contribution in [0.1, 0.15) is 39.0 Å². The van der Waals surface area contributed by atoms with Crippen LogP contribution in [0.25, 0.3) is 0 Å². The van der Waals surface area contributed by atoms with Crippen molar-refractivity contribution >= 4 is 5.91 Å². The van der Waals surface area contributed by atoms with Crippen molar-refractivity contribution in [2.24, 2.45) is 5.92 Å². The largest absolute Gasteiger partial charge is 0.355 e. The van der Waals surface area contributed by atoms with Gasteiger partial charge in [-0.05, 0) is 57.7 Å². The van der Waals surface area contributed by atoms with Gasteiger partial charge in [0, 0.05) is 13.1 Å². The van der Waals surface area contributed by atoms with Crippen molar-refractivity contribution in [3.63, 3.8) is 0 Å². The molecule has 2 atom stereocenters. The number of nitrogens with one attached hydrogen (secondary N) is 2. The van der Waals surface area contributed by atoms with Crippen LogP contribution in [0, 0.1) is 5.92 Å². The third-order valence-corrected chi connectivity index (χ3v) is 4.18. The highest BCUT2D eigenvalue weighted by molar-refractivity contribution is 5.81. The molecule has 0 aromatic heterocycles. The topological polar surface area (TPSA) is 44.4 Å². The minimum atomic E-state index is 0.136. The van der Waals surface area contributed by atoms with E-state index in [0.717, 1.165) is 51.5 Å². The molecule has 0 aliphatic carbocycles. The van der Waals surface area contributed by atoms with Gasteiger partial charge in [0.2, 0.25) is 5.91 Å². The first-order valence-electron chi connectivity index (χ1n) is 7.53. The number of amides is 1. The third-order valence-electron chi connectivity index (χ3n) is 4.18. The molecular weight excluding hydrogens is 226 g/mol. The molecule has 0 aromatic carbocycles. The van der Waals surface area contributed by atoms with Gasteiger partial charge in [0.25, 0.3) is 0 Å². The Labute approximate surface area is 110 Å². The molecule has 4 heteroatoms. The molecule has 2 heterocycles. The molecule has 2 rings (SSSR count). The average molecular weight is 253 g/mol. The smallest absolute Gasteiger partial charge is 0.237 e. The van der Waals surface area contributed by atoms with Crippen LogP contribution >= 0.6 is 0 Å². The van der Waals surface area contributed by atoms with Crippen LogP contribution in [-0.2, 0) is 4.79 Å². The quantitative estimate of drug-likeness (QED) is 0.785. The number of piperidine rings is 1. The molecular formula is C14H27N3O. The van der Waals surface area contributed by atoms with Gasteiger partial charge in [-0.15, -0.1) is 0 Å². The molecule has 2 aliphatic heterocycles. The number of rotatable bonds is 4. The van der Waals surface area contributed by atoms with Crippen LogP contribution in [0.2, 0.25) is 0 Å². The van der Waals surface area contributed by atoms with Crippen molar-refractivity contribution in [2.75, 3.05) is 32.7 Å². The summed E-state index contributed by atoms with van der Waals surface area (Å²) in [7, 11) is 0. The van der Waals surface area contributed by atoms with Crippen molar-refractivity contribution < 1.29 is 4.79 Å². The third kappa shape index (κ3) is 3.69. The van der Waals surface area contributed by atoms with Gasteiger partial charge < -0.3 is 10.6 Å². The molecule has 2 fully saturated rings. The fourth-order valence-corrected chi connectivity index (χ4v) is 3.17. The van der Waals surface area contributed by atoms with Gasteiger partial charge >= 0.3 is 0 Å². The lowest BCUT2D eigenvalue weighted by Gasteiger charge is -2.37. The molecule has 104 valence electrons. The van der Waals surface area contributed by atoms with Crippen LogP contribution in [0.4, 0.5) is 0 Å². The summed E-state index contributed by atoms with van der Waals surface area (Å²) in [5.74, 6) is 0.978. The van der Waals surface area contributed by atoms with Gasteiger partial charge in [-0.1, -0.05) is 6.92 Å². The van der Waals surface area contributed by atoms with E-state index in [9.17, 15) is 4.79 Å². The lowest BCUT2D eigenvalue weighted by atomic mass is 9.95. The lowest BCUT2D eigenvalue weighted by molar-refractivity contribution is -0.126. The van der Waals surface area contributed by atoms with E-state index < -0.39 is 0 Å². The normalized spacial score (nSPS) is 30.8. The zero-order valence-corrected chi connectivity index (χ0v) is 11.6. The molecule has 0 bridgehead atoms. The second-order valence-electron chi connectivity index (χ2n) is 5.61. The van der Waals surface area contributed by atoms with Crippen molar-refractivity contribution in [2.45, 2.75) is 45.1 Å². The Hall–Kier alpha value is -0.610. The van der Waals surface area contributed by atoms with E-state index in [1.54, 1.807) is 0 Å². The fraction of sp³-hybridized carbons (Fsp3) is 0.929. The highest BCUT2D eigenvalue weighted by Crippen LogP contribution is 2.21. The molecule has 0 spiro atoms. The first kappa shape index (κ1) is 13.8. The second kappa shape index (κ2) is 7.10. The lowest BCUT2D eigenvalue weighted by Crippen LogP contribution is -2.50. The summed E-state index contributed by atoms with van der Waals surface area (Å²) in [5.41, 5.74) is 0. The Kier molecular flexibility index (Phi) is 5.45. The van der Waals surface area contributed by atoms with Gasteiger partial charge in [-0.3, -0.25) is 9.69 Å². The van der Waals surface area contributed by atoms with Crippen LogP contribution in [0.3, 0.4) is 0 Å². The van der Waals surface area contributed by atoms with E-state index in [-0.39, 0.29) is 11.9 Å². The predicted molar refractivity (Wildman–Crippen MR) is 73.5 cm³/mol. The molecule has 18 heavy (non-hydrogen) atoms. The molecule has 2 unspecified atom stereocenters. The summed E-state index contributed by atoms with van der Waals surface area (Å²) >= 11 is 0. The summed E-state index contributed by atoms with van der Waals surface area (Å²) in [6.45, 7) is 7.34. The molecule has 2 saturated heterocycles. The molecule has 0 radical (unpaired) electrons. The van der Waals surface area contributed by atoms with Crippen LogP contribution in [-0.4, -0.2) is 49.6 Å². The Morgan fingerprint density at radius 3 is 3.06 bits per heavy atom. The molecule has 2 aliphatic rings. The fourth-order valence-electron chi connectivity index (χ4n) is 3.17. The minimum Gasteiger partial charge on any atom is -0.355 e. The maximum absolute atomic E-state index is 12.1. The number of carbonyl (C=O) groups is 1. The van der Waals surface area contributed by atoms with Crippen LogP contribution < -0.4 is 10.6 Å². The van der Waals surface area contributed by atoms with Gasteiger partial charge in [-0.25, -0.2) is 0 Å². The van der Waals surface area contributed by atoms with E-state index in [1.165, 1.54) is 19.3 Å². The first-order valence-corrected chi connectivity index (χ1v) is 7.53. The Balaban J connectivity index is 1.88. The minimum absolute atomic E-state index is 0.136. The summed E-state index contributed by atoms with van der Waals surface area (Å²) in [5, 5.41) is 6.49. The van der Waals surface area contributed by atoms with Gasteiger partial charge in [0.1, 0.15) is 0 Å². The summed E-state index contributed by atoms with van der Waals surface area (Å²) in [4.78, 5) is 14.5. The Morgan fingerprint density at radius 2 is 2.22 bits per heavy atom. The number of carbonyl (C=O) groups excluding carboxylic acids is 1. The number of hydrogen-bond acceptors (Lipinski definition) is 3. The monoisotopic (exact) mass is 253 g/mol. The zero-order chi connectivity index (χ0) is 12.8. The van der Waals surface area contributed by atoms with Crippen LogP contribution in [0.5, 0.6) is 0 Å².